The number of hydrogen-bond donors (Lipinski definition) is 0. The minimum Gasteiger partial charge on any atom is -0.372 e. The fraction of sp³-hybridized carbons (Fsp3) is 0.714. The first-order valence-corrected chi connectivity index (χ1v) is 10.3. The summed E-state index contributed by atoms with van der Waals surface area (Å²) in [6.07, 6.45) is 7.35. The Morgan fingerprint density at radius 1 is 1.30 bits per heavy atom. The number of carbonyl (C=O) groups excluding carboxylic acids is 1. The molecular weight excluding hydrogens is 342 g/mol. The highest BCUT2D eigenvalue weighted by Gasteiger charge is 2.47. The summed E-state index contributed by atoms with van der Waals surface area (Å²) in [6, 6.07) is 6.08. The van der Waals surface area contributed by atoms with Gasteiger partial charge in [-0.3, -0.25) is 14.7 Å². The number of carbonyl (C=O) groups is 1. The van der Waals surface area contributed by atoms with Gasteiger partial charge in [0, 0.05) is 52.1 Å². The fourth-order valence-corrected chi connectivity index (χ4v) is 4.66. The first kappa shape index (κ1) is 18.8. The highest BCUT2D eigenvalue weighted by molar-refractivity contribution is 5.77. The van der Waals surface area contributed by atoms with Crippen molar-refractivity contribution in [2.45, 2.75) is 44.2 Å². The van der Waals surface area contributed by atoms with E-state index in [1.807, 2.05) is 23.2 Å². The molecular formula is C21H31N3O3. The number of pyridine rings is 1. The summed E-state index contributed by atoms with van der Waals surface area (Å²) in [5, 5.41) is 0. The van der Waals surface area contributed by atoms with E-state index in [0.29, 0.717) is 12.5 Å². The molecule has 1 unspecified atom stereocenters. The standard InChI is InChI=1S/C21H31N3O3/c25-20(24-9-3-4-10-24)15-26-11-6-18-7-12-27-21(13-18)16-23(17-21)14-19-5-1-2-8-22-19/h1-2,5,8,18H,3-4,6-7,9-17H2. The highest BCUT2D eigenvalue weighted by atomic mass is 16.5. The zero-order chi connectivity index (χ0) is 18.5. The first-order valence-electron chi connectivity index (χ1n) is 10.3. The van der Waals surface area contributed by atoms with Gasteiger partial charge in [0.1, 0.15) is 6.61 Å². The van der Waals surface area contributed by atoms with E-state index in [2.05, 4.69) is 16.0 Å². The Morgan fingerprint density at radius 3 is 2.93 bits per heavy atom. The Bertz CT molecular complexity index is 612. The molecule has 1 spiro atoms. The van der Waals surface area contributed by atoms with E-state index in [1.54, 1.807) is 0 Å². The Labute approximate surface area is 161 Å². The van der Waals surface area contributed by atoms with E-state index in [1.165, 1.54) is 0 Å². The van der Waals surface area contributed by atoms with Crippen molar-refractivity contribution in [3.63, 3.8) is 0 Å². The van der Waals surface area contributed by atoms with Gasteiger partial charge in [-0.2, -0.15) is 0 Å². The van der Waals surface area contributed by atoms with Gasteiger partial charge in [0.25, 0.3) is 0 Å². The lowest BCUT2D eigenvalue weighted by Gasteiger charge is -2.53. The van der Waals surface area contributed by atoms with Gasteiger partial charge >= 0.3 is 0 Å². The molecule has 148 valence electrons. The molecule has 6 heteroatoms. The third kappa shape index (κ3) is 4.86. The van der Waals surface area contributed by atoms with Crippen LogP contribution in [0.3, 0.4) is 0 Å². The monoisotopic (exact) mass is 373 g/mol. The van der Waals surface area contributed by atoms with Gasteiger partial charge in [0.2, 0.25) is 5.91 Å². The molecule has 3 saturated heterocycles. The number of likely N-dealkylation sites (tertiary alicyclic amines) is 2. The maximum absolute atomic E-state index is 12.0. The van der Waals surface area contributed by atoms with Crippen molar-refractivity contribution in [2.24, 2.45) is 5.92 Å². The number of hydrogen-bond acceptors (Lipinski definition) is 5. The molecule has 1 amide bonds. The van der Waals surface area contributed by atoms with Crippen molar-refractivity contribution < 1.29 is 14.3 Å². The Kier molecular flexibility index (Phi) is 6.05. The number of ether oxygens (including phenoxy) is 2. The van der Waals surface area contributed by atoms with Crippen LogP contribution in [0.15, 0.2) is 24.4 Å². The molecule has 0 saturated carbocycles. The molecule has 3 aliphatic heterocycles. The molecule has 4 rings (SSSR count). The van der Waals surface area contributed by atoms with Crippen molar-refractivity contribution in [2.75, 3.05) is 46.0 Å². The lowest BCUT2D eigenvalue weighted by molar-refractivity contribution is -0.182. The van der Waals surface area contributed by atoms with Crippen LogP contribution in [0.25, 0.3) is 0 Å². The van der Waals surface area contributed by atoms with Crippen molar-refractivity contribution in [3.8, 4) is 0 Å². The molecule has 1 aromatic rings. The van der Waals surface area contributed by atoms with Crippen LogP contribution in [0.5, 0.6) is 0 Å². The van der Waals surface area contributed by atoms with E-state index >= 15 is 0 Å². The van der Waals surface area contributed by atoms with E-state index in [-0.39, 0.29) is 18.1 Å². The zero-order valence-electron chi connectivity index (χ0n) is 16.1. The summed E-state index contributed by atoms with van der Waals surface area (Å²) in [5.74, 6) is 0.790. The normalized spacial score (nSPS) is 24.9. The molecule has 4 heterocycles. The topological polar surface area (TPSA) is 54.9 Å². The van der Waals surface area contributed by atoms with Crippen LogP contribution < -0.4 is 0 Å². The molecule has 1 atom stereocenters. The van der Waals surface area contributed by atoms with E-state index in [9.17, 15) is 4.79 Å². The predicted octanol–water partition coefficient (Wildman–Crippen LogP) is 2.09. The Morgan fingerprint density at radius 2 is 2.15 bits per heavy atom. The van der Waals surface area contributed by atoms with Gasteiger partial charge in [0.15, 0.2) is 0 Å². The molecule has 0 aromatic carbocycles. The minimum atomic E-state index is 0.0308. The van der Waals surface area contributed by atoms with Crippen molar-refractivity contribution in [1.29, 1.82) is 0 Å². The fourth-order valence-electron chi connectivity index (χ4n) is 4.66. The van der Waals surface area contributed by atoms with Gasteiger partial charge in [-0.25, -0.2) is 0 Å². The summed E-state index contributed by atoms with van der Waals surface area (Å²) in [7, 11) is 0. The summed E-state index contributed by atoms with van der Waals surface area (Å²) < 4.78 is 11.8. The number of aromatic nitrogens is 1. The van der Waals surface area contributed by atoms with E-state index < -0.39 is 0 Å². The molecule has 1 aromatic heterocycles. The van der Waals surface area contributed by atoms with Crippen LogP contribution in [0.1, 0.15) is 37.8 Å². The zero-order valence-corrected chi connectivity index (χ0v) is 16.1. The van der Waals surface area contributed by atoms with Crippen LogP contribution >= 0.6 is 0 Å². The Hall–Kier alpha value is -1.50. The molecule has 3 aliphatic rings. The van der Waals surface area contributed by atoms with Crippen molar-refractivity contribution >= 4 is 5.91 Å². The smallest absolute Gasteiger partial charge is 0.248 e. The largest absolute Gasteiger partial charge is 0.372 e. The highest BCUT2D eigenvalue weighted by Crippen LogP contribution is 2.38. The minimum absolute atomic E-state index is 0.0308. The van der Waals surface area contributed by atoms with Gasteiger partial charge in [0.05, 0.1) is 11.3 Å². The van der Waals surface area contributed by atoms with Crippen molar-refractivity contribution in [3.05, 3.63) is 30.1 Å². The third-order valence-corrected chi connectivity index (χ3v) is 6.09. The van der Waals surface area contributed by atoms with Crippen molar-refractivity contribution in [1.82, 2.24) is 14.8 Å². The average molecular weight is 373 g/mol. The molecule has 3 fully saturated rings. The van der Waals surface area contributed by atoms with Crippen LogP contribution in [0.4, 0.5) is 0 Å². The number of amides is 1. The van der Waals surface area contributed by atoms with Crippen LogP contribution in [-0.4, -0.2) is 72.3 Å². The second-order valence-corrected chi connectivity index (χ2v) is 8.29. The number of nitrogens with zero attached hydrogens (tertiary/aromatic N) is 3. The van der Waals surface area contributed by atoms with Gasteiger partial charge in [-0.1, -0.05) is 6.07 Å². The molecule has 27 heavy (non-hydrogen) atoms. The van der Waals surface area contributed by atoms with Crippen LogP contribution in [0, 0.1) is 5.92 Å². The molecule has 0 radical (unpaired) electrons. The number of rotatable bonds is 7. The lowest BCUT2D eigenvalue weighted by Crippen LogP contribution is -2.64. The lowest BCUT2D eigenvalue weighted by atomic mass is 9.79. The maximum atomic E-state index is 12.0. The van der Waals surface area contributed by atoms with Gasteiger partial charge in [-0.15, -0.1) is 0 Å². The summed E-state index contributed by atoms with van der Waals surface area (Å²) in [4.78, 5) is 20.8. The predicted molar refractivity (Wildman–Crippen MR) is 102 cm³/mol. The second-order valence-electron chi connectivity index (χ2n) is 8.29. The van der Waals surface area contributed by atoms with Gasteiger partial charge < -0.3 is 14.4 Å². The van der Waals surface area contributed by atoms with E-state index in [4.69, 9.17) is 9.47 Å². The maximum Gasteiger partial charge on any atom is 0.248 e. The molecule has 0 aliphatic carbocycles. The quantitative estimate of drug-likeness (QED) is 0.685. The summed E-state index contributed by atoms with van der Waals surface area (Å²) in [5.41, 5.74) is 1.15. The van der Waals surface area contributed by atoms with E-state index in [0.717, 1.165) is 77.1 Å². The summed E-state index contributed by atoms with van der Waals surface area (Å²) in [6.45, 7) is 6.46. The average Bonchev–Trinajstić information content (AvgIpc) is 3.20. The third-order valence-electron chi connectivity index (χ3n) is 6.09. The van der Waals surface area contributed by atoms with Crippen LogP contribution in [-0.2, 0) is 20.8 Å². The SMILES string of the molecule is O=C(COCCC1CCOC2(C1)CN(Cc1ccccn1)C2)N1CCCC1. The van der Waals surface area contributed by atoms with Gasteiger partial charge in [-0.05, 0) is 50.2 Å². The summed E-state index contributed by atoms with van der Waals surface area (Å²) >= 11 is 0. The first-order chi connectivity index (χ1) is 13.2. The second kappa shape index (κ2) is 8.67. The molecule has 0 N–H and O–H groups in total. The molecule has 6 nitrogen and oxygen atoms in total. The van der Waals surface area contributed by atoms with Crippen LogP contribution in [0.2, 0.25) is 0 Å². The Balaban J connectivity index is 1.14. The molecule has 0 bridgehead atoms.